The van der Waals surface area contributed by atoms with Crippen LogP contribution in [0, 0.1) is 0 Å². The van der Waals surface area contributed by atoms with Crippen molar-refractivity contribution in [1.29, 1.82) is 0 Å². The lowest BCUT2D eigenvalue weighted by molar-refractivity contribution is 0.221. The highest BCUT2D eigenvalue weighted by Gasteiger charge is 2.23. The van der Waals surface area contributed by atoms with Gasteiger partial charge in [0, 0.05) is 30.0 Å². The quantitative estimate of drug-likeness (QED) is 0.353. The van der Waals surface area contributed by atoms with E-state index < -0.39 is 9.84 Å². The van der Waals surface area contributed by atoms with E-state index in [1.165, 1.54) is 12.8 Å². The standard InChI is InChI=1S/C29H35ClN4O2S/c1-4-23-17-21(20-37(35,36)28-8-6-5-7-27(28)30)9-11-24(23)12-10-22-18-31-29(32-19-22)33-25-13-15-26(16-14-25)34(2)3/h5-12,17-19,25-26H,4,13-16,20H2,1-3H3,(H,31,32,33)/b12-10+. The molecule has 1 aliphatic rings. The van der Waals surface area contributed by atoms with Crippen molar-refractivity contribution in [2.75, 3.05) is 19.4 Å². The van der Waals surface area contributed by atoms with Crippen LogP contribution in [-0.2, 0) is 22.0 Å². The average molecular weight is 539 g/mol. The van der Waals surface area contributed by atoms with E-state index in [9.17, 15) is 8.42 Å². The number of hydrogen-bond acceptors (Lipinski definition) is 6. The smallest absolute Gasteiger partial charge is 0.222 e. The van der Waals surface area contributed by atoms with Gasteiger partial charge in [-0.15, -0.1) is 0 Å². The van der Waals surface area contributed by atoms with Crippen LogP contribution in [0.15, 0.2) is 59.8 Å². The van der Waals surface area contributed by atoms with E-state index >= 15 is 0 Å². The first-order valence-corrected chi connectivity index (χ1v) is 14.8. The van der Waals surface area contributed by atoms with Gasteiger partial charge in [-0.1, -0.05) is 61.0 Å². The second kappa shape index (κ2) is 12.2. The number of aryl methyl sites for hydroxylation is 1. The van der Waals surface area contributed by atoms with Gasteiger partial charge in [-0.2, -0.15) is 0 Å². The van der Waals surface area contributed by atoms with Crippen LogP contribution in [0.4, 0.5) is 5.95 Å². The van der Waals surface area contributed by atoms with Crippen LogP contribution < -0.4 is 5.32 Å². The summed E-state index contributed by atoms with van der Waals surface area (Å²) >= 11 is 6.13. The molecular weight excluding hydrogens is 504 g/mol. The van der Waals surface area contributed by atoms with Gasteiger partial charge in [-0.25, -0.2) is 18.4 Å². The minimum atomic E-state index is -3.53. The Hall–Kier alpha value is -2.74. The number of aromatic nitrogens is 2. The fourth-order valence-electron chi connectivity index (χ4n) is 4.82. The number of hydrogen-bond donors (Lipinski definition) is 1. The van der Waals surface area contributed by atoms with Crippen molar-refractivity contribution < 1.29 is 8.42 Å². The summed E-state index contributed by atoms with van der Waals surface area (Å²) in [6.07, 6.45) is 13.1. The SMILES string of the molecule is CCc1cc(CS(=O)(=O)c2ccccc2Cl)ccc1/C=C/c1cnc(NC2CCC(N(C)C)CC2)nc1. The molecule has 1 aliphatic carbocycles. The second-order valence-electron chi connectivity index (χ2n) is 9.86. The van der Waals surface area contributed by atoms with Crippen LogP contribution in [0.3, 0.4) is 0 Å². The minimum Gasteiger partial charge on any atom is -0.351 e. The summed E-state index contributed by atoms with van der Waals surface area (Å²) in [6, 6.07) is 13.4. The van der Waals surface area contributed by atoms with Crippen LogP contribution in [0.5, 0.6) is 0 Å². The third kappa shape index (κ3) is 7.18. The molecule has 0 spiro atoms. The molecule has 1 aromatic heterocycles. The summed E-state index contributed by atoms with van der Waals surface area (Å²) in [4.78, 5) is 11.5. The second-order valence-corrected chi connectivity index (χ2v) is 12.2. The molecule has 1 saturated carbocycles. The molecule has 0 amide bonds. The number of nitrogens with zero attached hydrogens (tertiary/aromatic N) is 3. The van der Waals surface area contributed by atoms with E-state index in [1.54, 1.807) is 24.3 Å². The van der Waals surface area contributed by atoms with Crippen LogP contribution in [0.25, 0.3) is 12.2 Å². The Morgan fingerprint density at radius 1 is 1.03 bits per heavy atom. The Morgan fingerprint density at radius 3 is 2.38 bits per heavy atom. The highest BCUT2D eigenvalue weighted by atomic mass is 35.5. The molecule has 1 heterocycles. The third-order valence-corrected chi connectivity index (χ3v) is 9.19. The summed E-state index contributed by atoms with van der Waals surface area (Å²) in [7, 11) is 0.769. The Kier molecular flexibility index (Phi) is 9.00. The number of anilines is 1. The van der Waals surface area contributed by atoms with Gasteiger partial charge in [0.15, 0.2) is 9.84 Å². The average Bonchev–Trinajstić information content (AvgIpc) is 2.89. The van der Waals surface area contributed by atoms with Crippen molar-refractivity contribution in [1.82, 2.24) is 14.9 Å². The zero-order valence-corrected chi connectivity index (χ0v) is 23.3. The Labute approximate surface area is 225 Å². The summed E-state index contributed by atoms with van der Waals surface area (Å²) in [6.45, 7) is 2.06. The Bertz CT molecular complexity index is 1330. The molecule has 0 aliphatic heterocycles. The molecule has 196 valence electrons. The lowest BCUT2D eigenvalue weighted by Gasteiger charge is -2.32. The highest BCUT2D eigenvalue weighted by molar-refractivity contribution is 7.90. The number of sulfone groups is 1. The maximum Gasteiger partial charge on any atom is 0.222 e. The van der Waals surface area contributed by atoms with E-state index in [1.807, 2.05) is 42.7 Å². The maximum atomic E-state index is 12.9. The van der Waals surface area contributed by atoms with Gasteiger partial charge >= 0.3 is 0 Å². The first-order chi connectivity index (χ1) is 17.7. The molecule has 0 radical (unpaired) electrons. The van der Waals surface area contributed by atoms with Crippen molar-refractivity contribution in [2.24, 2.45) is 0 Å². The highest BCUT2D eigenvalue weighted by Crippen LogP contribution is 2.26. The van der Waals surface area contributed by atoms with Crippen molar-refractivity contribution in [2.45, 2.75) is 61.8 Å². The molecule has 8 heteroatoms. The van der Waals surface area contributed by atoms with Gasteiger partial charge in [0.1, 0.15) is 0 Å². The van der Waals surface area contributed by atoms with Crippen molar-refractivity contribution >= 4 is 39.5 Å². The zero-order valence-electron chi connectivity index (χ0n) is 21.7. The minimum absolute atomic E-state index is 0.0905. The van der Waals surface area contributed by atoms with E-state index in [2.05, 4.69) is 41.2 Å². The first kappa shape index (κ1) is 27.3. The summed E-state index contributed by atoms with van der Waals surface area (Å²) in [5.74, 6) is 0.580. The zero-order chi connectivity index (χ0) is 26.4. The van der Waals surface area contributed by atoms with Crippen molar-refractivity contribution in [3.8, 4) is 0 Å². The van der Waals surface area contributed by atoms with Gasteiger partial charge in [0.2, 0.25) is 5.95 Å². The third-order valence-electron chi connectivity index (χ3n) is 7.00. The van der Waals surface area contributed by atoms with E-state index in [0.29, 0.717) is 18.0 Å². The Morgan fingerprint density at radius 2 is 1.73 bits per heavy atom. The fraction of sp³-hybridized carbons (Fsp3) is 0.379. The molecular formula is C29H35ClN4O2S. The molecule has 0 saturated heterocycles. The predicted molar refractivity (Wildman–Crippen MR) is 152 cm³/mol. The van der Waals surface area contributed by atoms with Crippen LogP contribution in [-0.4, -0.2) is 49.5 Å². The molecule has 1 N–H and O–H groups in total. The number of nitrogens with one attached hydrogen (secondary N) is 1. The molecule has 4 rings (SSSR count). The lowest BCUT2D eigenvalue weighted by atomic mass is 9.91. The topological polar surface area (TPSA) is 75.2 Å². The number of halogens is 1. The molecule has 0 atom stereocenters. The first-order valence-electron chi connectivity index (χ1n) is 12.8. The van der Waals surface area contributed by atoms with Gasteiger partial charge in [0.25, 0.3) is 0 Å². The van der Waals surface area contributed by atoms with E-state index in [4.69, 9.17) is 11.6 Å². The van der Waals surface area contributed by atoms with Crippen molar-refractivity contribution in [3.63, 3.8) is 0 Å². The predicted octanol–water partition coefficient (Wildman–Crippen LogP) is 6.12. The number of benzene rings is 2. The molecule has 2 aromatic carbocycles. The molecule has 0 unspecified atom stereocenters. The largest absolute Gasteiger partial charge is 0.351 e. The molecule has 37 heavy (non-hydrogen) atoms. The molecule has 0 bridgehead atoms. The Balaban J connectivity index is 1.39. The van der Waals surface area contributed by atoms with Crippen LogP contribution in [0.2, 0.25) is 5.02 Å². The normalized spacial score (nSPS) is 18.4. The maximum absolute atomic E-state index is 12.9. The molecule has 3 aromatic rings. The van der Waals surface area contributed by atoms with Gasteiger partial charge in [-0.3, -0.25) is 0 Å². The fourth-order valence-corrected chi connectivity index (χ4v) is 6.73. The van der Waals surface area contributed by atoms with Gasteiger partial charge < -0.3 is 10.2 Å². The van der Waals surface area contributed by atoms with Crippen molar-refractivity contribution in [3.05, 3.63) is 82.1 Å². The van der Waals surface area contributed by atoms with E-state index in [0.717, 1.165) is 41.5 Å². The lowest BCUT2D eigenvalue weighted by Crippen LogP contribution is -2.36. The summed E-state index contributed by atoms with van der Waals surface area (Å²) in [5, 5.41) is 3.73. The van der Waals surface area contributed by atoms with Crippen LogP contribution >= 0.6 is 11.6 Å². The van der Waals surface area contributed by atoms with Crippen LogP contribution in [0.1, 0.15) is 54.9 Å². The van der Waals surface area contributed by atoms with E-state index in [-0.39, 0.29) is 15.7 Å². The molecule has 1 fully saturated rings. The van der Waals surface area contributed by atoms with Gasteiger partial charge in [0.05, 0.1) is 15.7 Å². The summed E-state index contributed by atoms with van der Waals surface area (Å²) in [5.41, 5.74) is 3.78. The molecule has 6 nitrogen and oxygen atoms in total. The van der Waals surface area contributed by atoms with Gasteiger partial charge in [-0.05, 0) is 75.0 Å². The summed E-state index contributed by atoms with van der Waals surface area (Å²) < 4.78 is 25.8. The number of rotatable bonds is 9. The monoisotopic (exact) mass is 538 g/mol.